The molecule has 114 valence electrons. The van der Waals surface area contributed by atoms with Crippen molar-refractivity contribution in [1.82, 2.24) is 9.80 Å². The van der Waals surface area contributed by atoms with E-state index in [4.69, 9.17) is 11.6 Å². The SMILES string of the molecule is O=C(Nc1ccc(Cl)cc1)N1CCC[C@@H]1CN1CCCC1. The molecule has 0 aromatic heterocycles. The Hall–Kier alpha value is -1.26. The van der Waals surface area contributed by atoms with Gasteiger partial charge in [-0.3, -0.25) is 0 Å². The Balaban J connectivity index is 1.58. The van der Waals surface area contributed by atoms with E-state index < -0.39 is 0 Å². The minimum atomic E-state index is 0.0130. The lowest BCUT2D eigenvalue weighted by Gasteiger charge is -2.28. The normalized spacial score (nSPS) is 22.7. The molecular weight excluding hydrogens is 286 g/mol. The number of hydrogen-bond acceptors (Lipinski definition) is 2. The number of amides is 2. The number of halogens is 1. The molecule has 2 fully saturated rings. The van der Waals surface area contributed by atoms with E-state index in [-0.39, 0.29) is 6.03 Å². The molecule has 1 atom stereocenters. The van der Waals surface area contributed by atoms with Gasteiger partial charge in [-0.25, -0.2) is 4.79 Å². The number of urea groups is 1. The van der Waals surface area contributed by atoms with E-state index in [0.717, 1.165) is 31.6 Å². The molecule has 0 unspecified atom stereocenters. The van der Waals surface area contributed by atoms with Crippen molar-refractivity contribution in [3.05, 3.63) is 29.3 Å². The number of rotatable bonds is 3. The van der Waals surface area contributed by atoms with Crippen molar-refractivity contribution in [3.63, 3.8) is 0 Å². The maximum Gasteiger partial charge on any atom is 0.322 e. The molecule has 1 N–H and O–H groups in total. The number of nitrogens with one attached hydrogen (secondary N) is 1. The molecule has 2 saturated heterocycles. The topological polar surface area (TPSA) is 35.6 Å². The summed E-state index contributed by atoms with van der Waals surface area (Å²) in [6.07, 6.45) is 4.81. The number of nitrogens with zero attached hydrogens (tertiary/aromatic N) is 2. The number of benzene rings is 1. The molecule has 0 spiro atoms. The van der Waals surface area contributed by atoms with Crippen molar-refractivity contribution in [2.45, 2.75) is 31.7 Å². The van der Waals surface area contributed by atoms with E-state index in [0.29, 0.717) is 11.1 Å². The number of carbonyl (C=O) groups is 1. The Morgan fingerprint density at radius 3 is 2.57 bits per heavy atom. The number of carbonyl (C=O) groups excluding carboxylic acids is 1. The predicted molar refractivity (Wildman–Crippen MR) is 85.9 cm³/mol. The third kappa shape index (κ3) is 3.69. The van der Waals surface area contributed by atoms with Crippen molar-refractivity contribution >= 4 is 23.3 Å². The van der Waals surface area contributed by atoms with Gasteiger partial charge in [-0.2, -0.15) is 0 Å². The fourth-order valence-electron chi connectivity index (χ4n) is 3.28. The zero-order valence-electron chi connectivity index (χ0n) is 12.2. The molecule has 0 saturated carbocycles. The average molecular weight is 308 g/mol. The van der Waals surface area contributed by atoms with Gasteiger partial charge in [0.05, 0.1) is 0 Å². The molecule has 3 rings (SSSR count). The zero-order valence-corrected chi connectivity index (χ0v) is 13.0. The van der Waals surface area contributed by atoms with Gasteiger partial charge in [0.25, 0.3) is 0 Å². The third-order valence-electron chi connectivity index (χ3n) is 4.40. The fraction of sp³-hybridized carbons (Fsp3) is 0.562. The van der Waals surface area contributed by atoms with Crippen LogP contribution in [0.4, 0.5) is 10.5 Å². The van der Waals surface area contributed by atoms with Crippen LogP contribution in [0.3, 0.4) is 0 Å². The summed E-state index contributed by atoms with van der Waals surface area (Å²) in [5.74, 6) is 0. The summed E-state index contributed by atoms with van der Waals surface area (Å²) < 4.78 is 0. The van der Waals surface area contributed by atoms with Crippen LogP contribution in [0.5, 0.6) is 0 Å². The van der Waals surface area contributed by atoms with Crippen LogP contribution in [-0.2, 0) is 0 Å². The van der Waals surface area contributed by atoms with Gasteiger partial charge in [-0.05, 0) is 63.0 Å². The molecule has 2 amide bonds. The molecule has 0 radical (unpaired) electrons. The third-order valence-corrected chi connectivity index (χ3v) is 4.65. The van der Waals surface area contributed by atoms with Crippen molar-refractivity contribution < 1.29 is 4.79 Å². The Morgan fingerprint density at radius 1 is 1.14 bits per heavy atom. The van der Waals surface area contributed by atoms with Crippen molar-refractivity contribution in [3.8, 4) is 0 Å². The molecule has 0 bridgehead atoms. The Labute approximate surface area is 131 Å². The summed E-state index contributed by atoms with van der Waals surface area (Å²) in [6, 6.07) is 7.64. The molecule has 1 aromatic carbocycles. The number of anilines is 1. The molecular formula is C16H22ClN3O. The Kier molecular flexibility index (Phi) is 4.66. The summed E-state index contributed by atoms with van der Waals surface area (Å²) in [7, 11) is 0. The first-order valence-corrected chi connectivity index (χ1v) is 8.16. The van der Waals surface area contributed by atoms with E-state index in [1.165, 1.54) is 25.9 Å². The average Bonchev–Trinajstić information content (AvgIpc) is 3.13. The quantitative estimate of drug-likeness (QED) is 0.928. The van der Waals surface area contributed by atoms with Crippen molar-refractivity contribution in [2.24, 2.45) is 0 Å². The van der Waals surface area contributed by atoms with E-state index >= 15 is 0 Å². The maximum absolute atomic E-state index is 12.4. The summed E-state index contributed by atoms with van der Waals surface area (Å²) in [5, 5.41) is 3.66. The van der Waals surface area contributed by atoms with Crippen molar-refractivity contribution in [2.75, 3.05) is 31.5 Å². The summed E-state index contributed by atoms with van der Waals surface area (Å²) >= 11 is 5.86. The van der Waals surface area contributed by atoms with Crippen LogP contribution in [0.2, 0.25) is 5.02 Å². The maximum atomic E-state index is 12.4. The highest BCUT2D eigenvalue weighted by Crippen LogP contribution is 2.22. The predicted octanol–water partition coefficient (Wildman–Crippen LogP) is 3.43. The van der Waals surface area contributed by atoms with Crippen LogP contribution in [0.1, 0.15) is 25.7 Å². The highest BCUT2D eigenvalue weighted by atomic mass is 35.5. The van der Waals surface area contributed by atoms with Gasteiger partial charge in [0.2, 0.25) is 0 Å². The molecule has 1 aromatic rings. The Morgan fingerprint density at radius 2 is 1.86 bits per heavy atom. The number of likely N-dealkylation sites (tertiary alicyclic amines) is 2. The van der Waals surface area contributed by atoms with Gasteiger partial charge in [-0.15, -0.1) is 0 Å². The van der Waals surface area contributed by atoms with Gasteiger partial charge >= 0.3 is 6.03 Å². The van der Waals surface area contributed by atoms with Crippen LogP contribution in [0, 0.1) is 0 Å². The lowest BCUT2D eigenvalue weighted by Crippen LogP contribution is -2.44. The molecule has 21 heavy (non-hydrogen) atoms. The minimum absolute atomic E-state index is 0.0130. The van der Waals surface area contributed by atoms with E-state index in [2.05, 4.69) is 10.2 Å². The molecule has 2 heterocycles. The lowest BCUT2D eigenvalue weighted by molar-refractivity contribution is 0.186. The van der Waals surface area contributed by atoms with E-state index in [1.807, 2.05) is 17.0 Å². The van der Waals surface area contributed by atoms with Gasteiger partial charge < -0.3 is 15.1 Å². The first-order valence-electron chi connectivity index (χ1n) is 7.78. The van der Waals surface area contributed by atoms with E-state index in [1.54, 1.807) is 12.1 Å². The first kappa shape index (κ1) is 14.7. The molecule has 5 heteroatoms. The monoisotopic (exact) mass is 307 g/mol. The van der Waals surface area contributed by atoms with Crippen molar-refractivity contribution in [1.29, 1.82) is 0 Å². The van der Waals surface area contributed by atoms with Gasteiger partial charge in [-0.1, -0.05) is 11.6 Å². The Bertz CT molecular complexity index is 485. The molecule has 2 aliphatic heterocycles. The van der Waals surface area contributed by atoms with Crippen LogP contribution < -0.4 is 5.32 Å². The van der Waals surface area contributed by atoms with Gasteiger partial charge in [0, 0.05) is 29.8 Å². The molecule has 2 aliphatic rings. The summed E-state index contributed by atoms with van der Waals surface area (Å²) in [6.45, 7) is 4.25. The molecule has 4 nitrogen and oxygen atoms in total. The summed E-state index contributed by atoms with van der Waals surface area (Å²) in [5.41, 5.74) is 0.802. The largest absolute Gasteiger partial charge is 0.322 e. The second-order valence-electron chi connectivity index (χ2n) is 5.93. The van der Waals surface area contributed by atoms with Gasteiger partial charge in [0.15, 0.2) is 0 Å². The van der Waals surface area contributed by atoms with Crippen LogP contribution in [0.25, 0.3) is 0 Å². The van der Waals surface area contributed by atoms with Crippen LogP contribution in [0.15, 0.2) is 24.3 Å². The second-order valence-corrected chi connectivity index (χ2v) is 6.37. The van der Waals surface area contributed by atoms with E-state index in [9.17, 15) is 4.79 Å². The second kappa shape index (κ2) is 6.67. The summed E-state index contributed by atoms with van der Waals surface area (Å²) in [4.78, 5) is 16.9. The number of hydrogen-bond donors (Lipinski definition) is 1. The lowest BCUT2D eigenvalue weighted by atomic mass is 10.2. The molecule has 0 aliphatic carbocycles. The first-order chi connectivity index (χ1) is 10.2. The highest BCUT2D eigenvalue weighted by molar-refractivity contribution is 6.30. The fourth-order valence-corrected chi connectivity index (χ4v) is 3.41. The highest BCUT2D eigenvalue weighted by Gasteiger charge is 2.30. The smallest absolute Gasteiger partial charge is 0.320 e. The standard InChI is InChI=1S/C16H22ClN3O/c17-13-5-7-14(8-6-13)18-16(21)20-11-3-4-15(20)12-19-9-1-2-10-19/h5-8,15H,1-4,9-12H2,(H,18,21)/t15-/m1/s1. The van der Waals surface area contributed by atoms with Gasteiger partial charge in [0.1, 0.15) is 0 Å². The van der Waals surface area contributed by atoms with Crippen LogP contribution in [-0.4, -0.2) is 48.1 Å². The van der Waals surface area contributed by atoms with Crippen LogP contribution >= 0.6 is 11.6 Å². The minimum Gasteiger partial charge on any atom is -0.320 e. The zero-order chi connectivity index (χ0) is 14.7.